The first-order chi connectivity index (χ1) is 30.8. The van der Waals surface area contributed by atoms with Crippen molar-refractivity contribution in [2.45, 2.75) is 0 Å². The summed E-state index contributed by atoms with van der Waals surface area (Å²) in [6.07, 6.45) is 0. The maximum absolute atomic E-state index is 2.44. The summed E-state index contributed by atoms with van der Waals surface area (Å²) in [7, 11) is 0. The molecule has 0 spiro atoms. The van der Waals surface area contributed by atoms with E-state index in [1.165, 1.54) is 60.8 Å². The predicted molar refractivity (Wildman–Crippen MR) is 263 cm³/mol. The minimum atomic E-state index is 1.09. The summed E-state index contributed by atoms with van der Waals surface area (Å²) in [4.78, 5) is 2.42. The molecule has 0 fully saturated rings. The predicted octanol–water partition coefficient (Wildman–Crippen LogP) is 16.6. The van der Waals surface area contributed by atoms with Crippen LogP contribution in [0.5, 0.6) is 0 Å². The smallest absolute Gasteiger partial charge is 0.0547 e. The maximum atomic E-state index is 2.44. The molecule has 0 saturated carbocycles. The Morgan fingerprint density at radius 1 is 0.258 bits per heavy atom. The molecule has 0 atom stereocenters. The van der Waals surface area contributed by atoms with Gasteiger partial charge >= 0.3 is 0 Å². The molecule has 0 aliphatic rings. The van der Waals surface area contributed by atoms with Crippen molar-refractivity contribution in [1.82, 2.24) is 4.57 Å². The molecule has 11 aromatic rings. The van der Waals surface area contributed by atoms with Crippen molar-refractivity contribution in [3.8, 4) is 61.3 Å². The van der Waals surface area contributed by atoms with Crippen molar-refractivity contribution in [2.75, 3.05) is 4.90 Å². The highest BCUT2D eigenvalue weighted by atomic mass is 15.1. The Bertz CT molecular complexity index is 3260. The highest BCUT2D eigenvalue weighted by Gasteiger charge is 2.20. The van der Waals surface area contributed by atoms with Crippen LogP contribution in [0.15, 0.2) is 255 Å². The molecular weight excluding hydrogens is 749 g/mol. The van der Waals surface area contributed by atoms with Gasteiger partial charge < -0.3 is 9.47 Å². The number of para-hydroxylation sites is 2. The molecule has 0 aliphatic heterocycles. The number of benzene rings is 10. The van der Waals surface area contributed by atoms with E-state index in [4.69, 9.17) is 0 Å². The Morgan fingerprint density at radius 2 is 0.726 bits per heavy atom. The van der Waals surface area contributed by atoms with Crippen LogP contribution in [-0.4, -0.2) is 4.57 Å². The molecule has 0 bridgehead atoms. The molecule has 10 aromatic carbocycles. The molecule has 0 saturated heterocycles. The molecule has 0 N–H and O–H groups in total. The SMILES string of the molecule is c1ccc(-c2cccc(N(c3cccc(-c4ccccc4)c3)c3ccccc3-c3ccc4c5ccccc5n(-c5cccc(-c6ccccc6-c6ccccc6)c5)c4c3)c2)cc1. The molecule has 0 amide bonds. The van der Waals surface area contributed by atoms with Gasteiger partial charge in [0.1, 0.15) is 0 Å². The summed E-state index contributed by atoms with van der Waals surface area (Å²) in [5.74, 6) is 0. The van der Waals surface area contributed by atoms with Crippen LogP contribution in [0.1, 0.15) is 0 Å². The molecule has 11 rings (SSSR count). The second kappa shape index (κ2) is 16.1. The van der Waals surface area contributed by atoms with Gasteiger partial charge in [0, 0.05) is 33.4 Å². The second-order valence-electron chi connectivity index (χ2n) is 15.7. The van der Waals surface area contributed by atoms with Crippen molar-refractivity contribution in [2.24, 2.45) is 0 Å². The summed E-state index contributed by atoms with van der Waals surface area (Å²) in [6.45, 7) is 0. The van der Waals surface area contributed by atoms with E-state index in [1.54, 1.807) is 0 Å². The van der Waals surface area contributed by atoms with Gasteiger partial charge in [-0.25, -0.2) is 0 Å². The number of rotatable bonds is 9. The first kappa shape index (κ1) is 36.8. The Kier molecular flexibility index (Phi) is 9.57. The van der Waals surface area contributed by atoms with Crippen LogP contribution in [0.4, 0.5) is 17.1 Å². The standard InChI is InChI=1S/C60H42N2/c1-4-19-43(20-5-1)46-25-16-28-50(39-46)61(51-29-17-26-47(40-51)44-21-6-2-7-22-44)58-35-14-12-33-55(58)49-37-38-57-56-34-13-15-36-59(56)62(60(57)42-49)52-30-18-27-48(41-52)54-32-11-10-31-53(54)45-23-8-3-9-24-45/h1-42H. The first-order valence-corrected chi connectivity index (χ1v) is 21.3. The summed E-state index contributed by atoms with van der Waals surface area (Å²) in [5, 5.41) is 2.45. The Balaban J connectivity index is 1.09. The molecule has 1 aromatic heterocycles. The third-order valence-corrected chi connectivity index (χ3v) is 12.0. The van der Waals surface area contributed by atoms with Crippen LogP contribution < -0.4 is 4.90 Å². The number of nitrogens with zero attached hydrogens (tertiary/aromatic N) is 2. The number of hydrogen-bond acceptors (Lipinski definition) is 1. The Morgan fingerprint density at radius 3 is 1.39 bits per heavy atom. The van der Waals surface area contributed by atoms with E-state index in [0.29, 0.717) is 0 Å². The van der Waals surface area contributed by atoms with E-state index in [1.807, 2.05) is 0 Å². The quantitative estimate of drug-likeness (QED) is 0.141. The van der Waals surface area contributed by atoms with Crippen molar-refractivity contribution < 1.29 is 0 Å². The van der Waals surface area contributed by atoms with Crippen molar-refractivity contribution >= 4 is 38.9 Å². The molecule has 2 nitrogen and oxygen atoms in total. The summed E-state index contributed by atoms with van der Waals surface area (Å²) in [5.41, 5.74) is 18.6. The van der Waals surface area contributed by atoms with Crippen molar-refractivity contribution in [3.63, 3.8) is 0 Å². The Hall–Kier alpha value is -8.20. The third-order valence-electron chi connectivity index (χ3n) is 12.0. The fourth-order valence-electron chi connectivity index (χ4n) is 9.08. The normalized spacial score (nSPS) is 11.2. The van der Waals surface area contributed by atoms with Gasteiger partial charge in [0.25, 0.3) is 0 Å². The zero-order chi connectivity index (χ0) is 41.2. The van der Waals surface area contributed by atoms with Crippen LogP contribution in [-0.2, 0) is 0 Å². The molecule has 0 aliphatic carbocycles. The zero-order valence-corrected chi connectivity index (χ0v) is 34.1. The summed E-state index contributed by atoms with van der Waals surface area (Å²) < 4.78 is 2.44. The van der Waals surface area contributed by atoms with E-state index in [9.17, 15) is 0 Å². The molecular formula is C60H42N2. The van der Waals surface area contributed by atoms with Gasteiger partial charge in [-0.2, -0.15) is 0 Å². The lowest BCUT2D eigenvalue weighted by molar-refractivity contribution is 1.18. The highest BCUT2D eigenvalue weighted by Crippen LogP contribution is 2.44. The van der Waals surface area contributed by atoms with E-state index < -0.39 is 0 Å². The van der Waals surface area contributed by atoms with Gasteiger partial charge in [-0.3, -0.25) is 0 Å². The van der Waals surface area contributed by atoms with E-state index in [2.05, 4.69) is 264 Å². The largest absolute Gasteiger partial charge is 0.310 e. The van der Waals surface area contributed by atoms with Gasteiger partial charge in [0.2, 0.25) is 0 Å². The monoisotopic (exact) mass is 790 g/mol. The van der Waals surface area contributed by atoms with E-state index in [0.717, 1.165) is 39.4 Å². The molecule has 62 heavy (non-hydrogen) atoms. The van der Waals surface area contributed by atoms with Crippen LogP contribution >= 0.6 is 0 Å². The molecule has 1 heterocycles. The van der Waals surface area contributed by atoms with Crippen LogP contribution in [0.3, 0.4) is 0 Å². The lowest BCUT2D eigenvalue weighted by Crippen LogP contribution is -2.11. The minimum absolute atomic E-state index is 1.09. The van der Waals surface area contributed by atoms with Gasteiger partial charge in [-0.05, 0) is 105 Å². The summed E-state index contributed by atoms with van der Waals surface area (Å²) >= 11 is 0. The third kappa shape index (κ3) is 6.84. The molecule has 0 unspecified atom stereocenters. The Labute approximate surface area is 362 Å². The van der Waals surface area contributed by atoms with Crippen molar-refractivity contribution in [1.29, 1.82) is 0 Å². The molecule has 2 heteroatoms. The number of fused-ring (bicyclic) bond motifs is 3. The first-order valence-electron chi connectivity index (χ1n) is 21.3. The van der Waals surface area contributed by atoms with Gasteiger partial charge in [-0.1, -0.05) is 200 Å². The average molecular weight is 791 g/mol. The minimum Gasteiger partial charge on any atom is -0.310 e. The fourth-order valence-corrected chi connectivity index (χ4v) is 9.08. The average Bonchev–Trinajstić information content (AvgIpc) is 3.69. The zero-order valence-electron chi connectivity index (χ0n) is 34.1. The lowest BCUT2D eigenvalue weighted by atomic mass is 9.94. The topological polar surface area (TPSA) is 8.17 Å². The van der Waals surface area contributed by atoms with E-state index >= 15 is 0 Å². The number of aromatic nitrogens is 1. The fraction of sp³-hybridized carbons (Fsp3) is 0. The van der Waals surface area contributed by atoms with Crippen molar-refractivity contribution in [3.05, 3.63) is 255 Å². The van der Waals surface area contributed by atoms with Crippen LogP contribution in [0.2, 0.25) is 0 Å². The van der Waals surface area contributed by atoms with E-state index in [-0.39, 0.29) is 0 Å². The van der Waals surface area contributed by atoms with Gasteiger partial charge in [0.15, 0.2) is 0 Å². The number of anilines is 3. The molecule has 0 radical (unpaired) electrons. The van der Waals surface area contributed by atoms with Gasteiger partial charge in [-0.15, -0.1) is 0 Å². The lowest BCUT2D eigenvalue weighted by Gasteiger charge is -2.29. The van der Waals surface area contributed by atoms with Crippen LogP contribution in [0, 0.1) is 0 Å². The highest BCUT2D eigenvalue weighted by molar-refractivity contribution is 6.10. The van der Waals surface area contributed by atoms with Crippen LogP contribution in [0.25, 0.3) is 83.1 Å². The summed E-state index contributed by atoms with van der Waals surface area (Å²) in [6, 6.07) is 92.1. The number of hydrogen-bond donors (Lipinski definition) is 0. The van der Waals surface area contributed by atoms with Gasteiger partial charge in [0.05, 0.1) is 16.7 Å². The second-order valence-corrected chi connectivity index (χ2v) is 15.7. The maximum Gasteiger partial charge on any atom is 0.0547 e. The molecule has 292 valence electrons.